The second kappa shape index (κ2) is 7.99. The van der Waals surface area contributed by atoms with Gasteiger partial charge >= 0.3 is 0 Å². The van der Waals surface area contributed by atoms with Crippen LogP contribution < -0.4 is 15.4 Å². The summed E-state index contributed by atoms with van der Waals surface area (Å²) in [5, 5.41) is 6.10. The van der Waals surface area contributed by atoms with Crippen molar-refractivity contribution in [2.75, 3.05) is 32.2 Å². The topological polar surface area (TPSA) is 59.6 Å². The third-order valence-corrected chi connectivity index (χ3v) is 2.78. The summed E-state index contributed by atoms with van der Waals surface area (Å²) < 4.78 is 10.4. The van der Waals surface area contributed by atoms with Crippen molar-refractivity contribution in [2.24, 2.45) is 0 Å². The molecule has 0 bridgehead atoms. The molecule has 1 aromatic carbocycles. The lowest BCUT2D eigenvalue weighted by molar-refractivity contribution is -0.117. The largest absolute Gasteiger partial charge is 0.497 e. The fourth-order valence-electron chi connectivity index (χ4n) is 1.89. The summed E-state index contributed by atoms with van der Waals surface area (Å²) in [6.45, 7) is 2.11. The van der Waals surface area contributed by atoms with Crippen LogP contribution in [0.5, 0.6) is 5.75 Å². The molecular weight excluding hydrogens is 268 g/mol. The first kappa shape index (κ1) is 15.8. The molecule has 1 aromatic rings. The molecule has 6 heteroatoms. The number of carbonyl (C=O) groups excluding carboxylic acids is 1. The summed E-state index contributed by atoms with van der Waals surface area (Å²) in [7, 11) is 1.60. The lowest BCUT2D eigenvalue weighted by Gasteiger charge is -2.23. The normalized spacial score (nSPS) is 18.3. The maximum Gasteiger partial charge on any atom is 0.226 e. The number of methoxy groups -OCH3 is 1. The molecule has 1 unspecified atom stereocenters. The van der Waals surface area contributed by atoms with Gasteiger partial charge in [-0.05, 0) is 12.1 Å². The second-order valence-electron chi connectivity index (χ2n) is 4.21. The van der Waals surface area contributed by atoms with Crippen molar-refractivity contribution in [2.45, 2.75) is 12.5 Å². The number of hydrogen-bond acceptors (Lipinski definition) is 4. The number of carbonyl (C=O) groups is 1. The summed E-state index contributed by atoms with van der Waals surface area (Å²) in [6, 6.07) is 7.42. The zero-order valence-electron chi connectivity index (χ0n) is 10.8. The van der Waals surface area contributed by atoms with Crippen LogP contribution in [-0.2, 0) is 9.53 Å². The molecule has 1 amide bonds. The summed E-state index contributed by atoms with van der Waals surface area (Å²) in [5.74, 6) is 0.707. The van der Waals surface area contributed by atoms with Gasteiger partial charge in [0.05, 0.1) is 20.3 Å². The van der Waals surface area contributed by atoms with E-state index in [4.69, 9.17) is 9.47 Å². The molecule has 2 rings (SSSR count). The summed E-state index contributed by atoms with van der Waals surface area (Å²) >= 11 is 0. The van der Waals surface area contributed by atoms with Crippen LogP contribution in [0.2, 0.25) is 0 Å². The Morgan fingerprint density at radius 3 is 3.11 bits per heavy atom. The highest BCUT2D eigenvalue weighted by Gasteiger charge is 2.16. The molecule has 0 aromatic heterocycles. The van der Waals surface area contributed by atoms with Crippen molar-refractivity contribution in [1.29, 1.82) is 0 Å². The van der Waals surface area contributed by atoms with Crippen LogP contribution in [0, 0.1) is 0 Å². The van der Waals surface area contributed by atoms with E-state index in [-0.39, 0.29) is 24.4 Å². The van der Waals surface area contributed by atoms with Crippen LogP contribution in [0.15, 0.2) is 24.3 Å². The average Bonchev–Trinajstić information content (AvgIpc) is 2.40. The first-order chi connectivity index (χ1) is 8.78. The molecule has 1 fully saturated rings. The van der Waals surface area contributed by atoms with Gasteiger partial charge in [0.1, 0.15) is 5.75 Å². The molecule has 0 spiro atoms. The number of amides is 1. The van der Waals surface area contributed by atoms with Gasteiger partial charge in [0.2, 0.25) is 5.91 Å². The Balaban J connectivity index is 0.00000180. The smallest absolute Gasteiger partial charge is 0.226 e. The number of anilines is 1. The zero-order chi connectivity index (χ0) is 12.8. The van der Waals surface area contributed by atoms with Gasteiger partial charge < -0.3 is 20.1 Å². The van der Waals surface area contributed by atoms with Gasteiger partial charge in [-0.2, -0.15) is 0 Å². The number of benzene rings is 1. The Labute approximate surface area is 119 Å². The van der Waals surface area contributed by atoms with Gasteiger partial charge in [-0.25, -0.2) is 0 Å². The lowest BCUT2D eigenvalue weighted by Crippen LogP contribution is -2.43. The molecule has 0 radical (unpaired) electrons. The predicted octanol–water partition coefficient (Wildman–Crippen LogP) is 1.43. The van der Waals surface area contributed by atoms with Crippen LogP contribution in [0.3, 0.4) is 0 Å². The van der Waals surface area contributed by atoms with Gasteiger partial charge in [0.15, 0.2) is 0 Å². The molecule has 0 aliphatic carbocycles. The highest BCUT2D eigenvalue weighted by molar-refractivity contribution is 5.91. The van der Waals surface area contributed by atoms with Gasteiger partial charge in [-0.1, -0.05) is 6.07 Å². The summed E-state index contributed by atoms with van der Waals surface area (Å²) in [5.41, 5.74) is 0.746. The van der Waals surface area contributed by atoms with Gasteiger partial charge in [-0.3, -0.25) is 4.79 Å². The van der Waals surface area contributed by atoms with Crippen LogP contribution in [0.25, 0.3) is 0 Å². The number of morpholine rings is 1. The van der Waals surface area contributed by atoms with E-state index in [2.05, 4.69) is 10.6 Å². The van der Waals surface area contributed by atoms with Crippen molar-refractivity contribution in [3.8, 4) is 5.75 Å². The van der Waals surface area contributed by atoms with Crippen LogP contribution in [0.1, 0.15) is 6.42 Å². The summed E-state index contributed by atoms with van der Waals surface area (Å²) in [4.78, 5) is 11.8. The molecule has 2 N–H and O–H groups in total. The van der Waals surface area contributed by atoms with Crippen LogP contribution >= 0.6 is 12.4 Å². The molecular formula is C13H19ClN2O3. The first-order valence-corrected chi connectivity index (χ1v) is 6.03. The molecule has 1 heterocycles. The van der Waals surface area contributed by atoms with Gasteiger partial charge in [0, 0.05) is 30.8 Å². The Bertz CT molecular complexity index is 409. The van der Waals surface area contributed by atoms with E-state index < -0.39 is 0 Å². The van der Waals surface area contributed by atoms with Gasteiger partial charge in [0.25, 0.3) is 0 Å². The number of nitrogens with one attached hydrogen (secondary N) is 2. The van der Waals surface area contributed by atoms with Crippen molar-refractivity contribution in [3.63, 3.8) is 0 Å². The zero-order valence-corrected chi connectivity index (χ0v) is 11.7. The Hall–Kier alpha value is -1.30. The van der Waals surface area contributed by atoms with Crippen molar-refractivity contribution < 1.29 is 14.3 Å². The van der Waals surface area contributed by atoms with Crippen molar-refractivity contribution in [3.05, 3.63) is 24.3 Å². The number of ether oxygens (including phenoxy) is 2. The van der Waals surface area contributed by atoms with Crippen molar-refractivity contribution in [1.82, 2.24) is 5.32 Å². The quantitative estimate of drug-likeness (QED) is 0.879. The SMILES string of the molecule is COc1cccc(NC(=O)CC2COCCN2)c1.Cl. The fraction of sp³-hybridized carbons (Fsp3) is 0.462. The summed E-state index contributed by atoms with van der Waals surface area (Å²) in [6.07, 6.45) is 0.414. The second-order valence-corrected chi connectivity index (χ2v) is 4.21. The minimum Gasteiger partial charge on any atom is -0.497 e. The van der Waals surface area contributed by atoms with E-state index in [0.29, 0.717) is 19.6 Å². The predicted molar refractivity (Wildman–Crippen MR) is 76.1 cm³/mol. The van der Waals surface area contributed by atoms with E-state index in [9.17, 15) is 4.79 Å². The molecule has 1 aliphatic rings. The number of rotatable bonds is 4. The molecule has 0 saturated carbocycles. The molecule has 5 nitrogen and oxygen atoms in total. The Morgan fingerprint density at radius 1 is 1.58 bits per heavy atom. The van der Waals surface area contributed by atoms with Gasteiger partial charge in [-0.15, -0.1) is 12.4 Å². The maximum absolute atomic E-state index is 11.8. The van der Waals surface area contributed by atoms with E-state index in [1.54, 1.807) is 13.2 Å². The fourth-order valence-corrected chi connectivity index (χ4v) is 1.89. The van der Waals surface area contributed by atoms with Crippen molar-refractivity contribution >= 4 is 24.0 Å². The van der Waals surface area contributed by atoms with Crippen LogP contribution in [0.4, 0.5) is 5.69 Å². The molecule has 106 valence electrons. The maximum atomic E-state index is 11.8. The Kier molecular flexibility index (Phi) is 6.62. The van der Waals surface area contributed by atoms with E-state index in [1.807, 2.05) is 18.2 Å². The monoisotopic (exact) mass is 286 g/mol. The first-order valence-electron chi connectivity index (χ1n) is 6.03. The number of hydrogen-bond donors (Lipinski definition) is 2. The third-order valence-electron chi connectivity index (χ3n) is 2.78. The van der Waals surface area contributed by atoms with E-state index >= 15 is 0 Å². The minimum absolute atomic E-state index is 0. The van der Waals surface area contributed by atoms with E-state index in [1.165, 1.54) is 0 Å². The average molecular weight is 287 g/mol. The molecule has 19 heavy (non-hydrogen) atoms. The highest BCUT2D eigenvalue weighted by atomic mass is 35.5. The van der Waals surface area contributed by atoms with Crippen LogP contribution in [-0.4, -0.2) is 38.8 Å². The lowest BCUT2D eigenvalue weighted by atomic mass is 10.2. The molecule has 1 aliphatic heterocycles. The molecule has 1 saturated heterocycles. The Morgan fingerprint density at radius 2 is 2.42 bits per heavy atom. The highest BCUT2D eigenvalue weighted by Crippen LogP contribution is 2.17. The van der Waals surface area contributed by atoms with E-state index in [0.717, 1.165) is 18.0 Å². The number of halogens is 1. The standard InChI is InChI=1S/C13H18N2O3.ClH/c1-17-12-4-2-3-10(7-12)15-13(16)8-11-9-18-6-5-14-11;/h2-4,7,11,14H,5-6,8-9H2,1H3,(H,15,16);1H. The minimum atomic E-state index is -0.0220. The third kappa shape index (κ3) is 5.06. The molecule has 1 atom stereocenters.